The number of hydrogen-bond donors (Lipinski definition) is 1. The van der Waals surface area contributed by atoms with Crippen LogP contribution in [0.1, 0.15) is 46.3 Å². The molecule has 3 aromatic carbocycles. The van der Waals surface area contributed by atoms with E-state index in [1.54, 1.807) is 23.1 Å². The molecule has 5 heteroatoms. The highest BCUT2D eigenvalue weighted by molar-refractivity contribution is 6.46. The van der Waals surface area contributed by atoms with Crippen LogP contribution in [0.15, 0.2) is 72.3 Å². The summed E-state index contributed by atoms with van der Waals surface area (Å²) < 4.78 is 5.60. The van der Waals surface area contributed by atoms with Gasteiger partial charge in [-0.1, -0.05) is 59.7 Å². The van der Waals surface area contributed by atoms with Crippen LogP contribution in [0.4, 0.5) is 0 Å². The number of aliphatic hydroxyl groups is 1. The number of carbonyl (C=O) groups is 2. The standard InChI is InChI=1S/C29H29NO4/c1-5-34-24-15-14-23(16-20(24)4)27(31)25-26(22-12-8-19(3)9-13-22)30(29(33)28(25)32)17-21-10-6-18(2)7-11-21/h6-16,26,31H,5,17H2,1-4H3/t26-/m0/s1. The molecule has 1 saturated heterocycles. The summed E-state index contributed by atoms with van der Waals surface area (Å²) in [5, 5.41) is 11.3. The Bertz CT molecular complexity index is 1260. The highest BCUT2D eigenvalue weighted by Gasteiger charge is 2.46. The number of likely N-dealkylation sites (tertiary alicyclic amines) is 1. The Hall–Kier alpha value is -3.86. The van der Waals surface area contributed by atoms with Crippen LogP contribution in [0.25, 0.3) is 5.76 Å². The number of aliphatic hydroxyl groups excluding tert-OH is 1. The van der Waals surface area contributed by atoms with Crippen LogP contribution in [-0.4, -0.2) is 28.3 Å². The Kier molecular flexibility index (Phi) is 6.55. The molecule has 5 nitrogen and oxygen atoms in total. The fourth-order valence-corrected chi connectivity index (χ4v) is 4.30. The zero-order chi connectivity index (χ0) is 24.4. The third-order valence-corrected chi connectivity index (χ3v) is 6.15. The second kappa shape index (κ2) is 9.56. The Morgan fingerprint density at radius 3 is 2.12 bits per heavy atom. The molecule has 1 atom stereocenters. The van der Waals surface area contributed by atoms with Crippen LogP contribution in [0, 0.1) is 20.8 Å². The van der Waals surface area contributed by atoms with Crippen LogP contribution in [0.3, 0.4) is 0 Å². The summed E-state index contributed by atoms with van der Waals surface area (Å²) in [6.07, 6.45) is 0. The van der Waals surface area contributed by atoms with E-state index in [4.69, 9.17) is 4.74 Å². The molecule has 0 unspecified atom stereocenters. The maximum atomic E-state index is 13.2. The minimum atomic E-state index is -0.686. The van der Waals surface area contributed by atoms with Crippen molar-refractivity contribution < 1.29 is 19.4 Å². The van der Waals surface area contributed by atoms with Crippen LogP contribution in [-0.2, 0) is 16.1 Å². The van der Waals surface area contributed by atoms with Crippen molar-refractivity contribution in [1.29, 1.82) is 0 Å². The zero-order valence-electron chi connectivity index (χ0n) is 20.0. The lowest BCUT2D eigenvalue weighted by Gasteiger charge is -2.25. The minimum absolute atomic E-state index is 0.101. The fourth-order valence-electron chi connectivity index (χ4n) is 4.30. The maximum absolute atomic E-state index is 13.2. The summed E-state index contributed by atoms with van der Waals surface area (Å²) in [6.45, 7) is 8.57. The summed E-state index contributed by atoms with van der Waals surface area (Å²) in [6, 6.07) is 20.2. The second-order valence-electron chi connectivity index (χ2n) is 8.74. The molecule has 1 N–H and O–H groups in total. The molecular weight excluding hydrogens is 426 g/mol. The first-order valence-corrected chi connectivity index (χ1v) is 11.4. The highest BCUT2D eigenvalue weighted by Crippen LogP contribution is 2.40. The molecule has 0 bridgehead atoms. The van der Waals surface area contributed by atoms with Gasteiger partial charge in [-0.15, -0.1) is 0 Å². The van der Waals surface area contributed by atoms with E-state index in [0.717, 1.165) is 27.8 Å². The van der Waals surface area contributed by atoms with Crippen molar-refractivity contribution in [2.75, 3.05) is 6.61 Å². The highest BCUT2D eigenvalue weighted by atomic mass is 16.5. The molecule has 1 heterocycles. The number of nitrogens with zero attached hydrogens (tertiary/aromatic N) is 1. The third-order valence-electron chi connectivity index (χ3n) is 6.15. The Morgan fingerprint density at radius 1 is 0.912 bits per heavy atom. The smallest absolute Gasteiger partial charge is 0.295 e. The Labute approximate surface area is 200 Å². The van der Waals surface area contributed by atoms with Crippen LogP contribution >= 0.6 is 0 Å². The molecule has 1 aliphatic rings. The largest absolute Gasteiger partial charge is 0.507 e. The summed E-state index contributed by atoms with van der Waals surface area (Å²) in [5.41, 5.74) is 5.30. The molecule has 0 aliphatic carbocycles. The van der Waals surface area contributed by atoms with E-state index >= 15 is 0 Å². The average Bonchev–Trinajstić information content (AvgIpc) is 3.07. The molecular formula is C29H29NO4. The number of carbonyl (C=O) groups excluding carboxylic acids is 2. The first-order chi connectivity index (χ1) is 16.3. The number of hydrogen-bond acceptors (Lipinski definition) is 4. The number of rotatable bonds is 6. The van der Waals surface area contributed by atoms with Crippen molar-refractivity contribution in [1.82, 2.24) is 4.90 Å². The summed E-state index contributed by atoms with van der Waals surface area (Å²) >= 11 is 0. The zero-order valence-corrected chi connectivity index (χ0v) is 20.0. The van der Waals surface area contributed by atoms with Crippen molar-refractivity contribution in [3.8, 4) is 5.75 Å². The number of ketones is 1. The Balaban J connectivity index is 1.83. The van der Waals surface area contributed by atoms with E-state index in [0.29, 0.717) is 17.9 Å². The van der Waals surface area contributed by atoms with E-state index in [-0.39, 0.29) is 17.9 Å². The van der Waals surface area contributed by atoms with Crippen molar-refractivity contribution in [2.45, 2.75) is 40.3 Å². The quantitative estimate of drug-likeness (QED) is 0.297. The fraction of sp³-hybridized carbons (Fsp3) is 0.241. The van der Waals surface area contributed by atoms with Gasteiger partial charge in [-0.2, -0.15) is 0 Å². The van der Waals surface area contributed by atoms with Crippen molar-refractivity contribution in [3.63, 3.8) is 0 Å². The molecule has 1 aliphatic heterocycles. The van der Waals surface area contributed by atoms with Gasteiger partial charge in [-0.25, -0.2) is 0 Å². The lowest BCUT2D eigenvalue weighted by Crippen LogP contribution is -2.29. The Morgan fingerprint density at radius 2 is 1.53 bits per heavy atom. The van der Waals surface area contributed by atoms with E-state index in [1.165, 1.54) is 0 Å². The van der Waals surface area contributed by atoms with Gasteiger partial charge in [0.25, 0.3) is 11.7 Å². The molecule has 0 aromatic heterocycles. The predicted octanol–water partition coefficient (Wildman–Crippen LogP) is 5.63. The number of amides is 1. The monoisotopic (exact) mass is 455 g/mol. The number of ether oxygens (including phenoxy) is 1. The van der Waals surface area contributed by atoms with Crippen LogP contribution < -0.4 is 4.74 Å². The minimum Gasteiger partial charge on any atom is -0.507 e. The predicted molar refractivity (Wildman–Crippen MR) is 133 cm³/mol. The van der Waals surface area contributed by atoms with Gasteiger partial charge in [0.1, 0.15) is 11.5 Å². The van der Waals surface area contributed by atoms with Crippen LogP contribution in [0.5, 0.6) is 5.75 Å². The summed E-state index contributed by atoms with van der Waals surface area (Å²) in [4.78, 5) is 28.0. The average molecular weight is 456 g/mol. The molecule has 3 aromatic rings. The summed E-state index contributed by atoms with van der Waals surface area (Å²) in [5.74, 6) is -0.757. The maximum Gasteiger partial charge on any atom is 0.295 e. The van der Waals surface area contributed by atoms with Gasteiger partial charge in [0.05, 0.1) is 18.2 Å². The summed E-state index contributed by atoms with van der Waals surface area (Å²) in [7, 11) is 0. The third kappa shape index (κ3) is 4.46. The molecule has 0 saturated carbocycles. The molecule has 4 rings (SSSR count). The topological polar surface area (TPSA) is 66.8 Å². The van der Waals surface area contributed by atoms with E-state index in [1.807, 2.05) is 76.2 Å². The SMILES string of the molecule is CCOc1ccc(C(O)=C2C(=O)C(=O)N(Cc3ccc(C)cc3)[C@H]2c2ccc(C)cc2)cc1C. The molecule has 1 amide bonds. The van der Waals surface area contributed by atoms with E-state index in [9.17, 15) is 14.7 Å². The number of Topliss-reactive ketones (excluding diaryl/α,β-unsaturated/α-hetero) is 1. The van der Waals surface area contributed by atoms with Gasteiger partial charge in [-0.3, -0.25) is 9.59 Å². The molecule has 1 fully saturated rings. The van der Waals surface area contributed by atoms with E-state index in [2.05, 4.69) is 0 Å². The van der Waals surface area contributed by atoms with Gasteiger partial charge in [0.2, 0.25) is 0 Å². The number of aryl methyl sites for hydroxylation is 3. The van der Waals surface area contributed by atoms with Gasteiger partial charge < -0.3 is 14.7 Å². The van der Waals surface area contributed by atoms with Gasteiger partial charge in [0, 0.05) is 12.1 Å². The first-order valence-electron chi connectivity index (χ1n) is 11.4. The lowest BCUT2D eigenvalue weighted by atomic mass is 9.94. The van der Waals surface area contributed by atoms with Crippen molar-refractivity contribution >= 4 is 17.4 Å². The van der Waals surface area contributed by atoms with Crippen molar-refractivity contribution in [2.24, 2.45) is 0 Å². The van der Waals surface area contributed by atoms with Gasteiger partial charge in [0.15, 0.2) is 0 Å². The molecule has 34 heavy (non-hydrogen) atoms. The lowest BCUT2D eigenvalue weighted by molar-refractivity contribution is -0.140. The first kappa shape index (κ1) is 23.3. The number of benzene rings is 3. The molecule has 0 spiro atoms. The van der Waals surface area contributed by atoms with E-state index < -0.39 is 17.7 Å². The second-order valence-corrected chi connectivity index (χ2v) is 8.74. The normalized spacial score (nSPS) is 17.3. The molecule has 0 radical (unpaired) electrons. The van der Waals surface area contributed by atoms with Crippen molar-refractivity contribution in [3.05, 3.63) is 106 Å². The van der Waals surface area contributed by atoms with Gasteiger partial charge >= 0.3 is 0 Å². The van der Waals surface area contributed by atoms with Crippen LogP contribution in [0.2, 0.25) is 0 Å². The molecule has 174 valence electrons. The van der Waals surface area contributed by atoms with Gasteiger partial charge in [-0.05, 0) is 62.6 Å².